The van der Waals surface area contributed by atoms with Gasteiger partial charge in [-0.05, 0) is 51.1 Å². The number of aromatic nitrogens is 1. The van der Waals surface area contributed by atoms with Crippen LogP contribution in [0.4, 0.5) is 0 Å². The molecule has 0 atom stereocenters. The average Bonchev–Trinajstić information content (AvgIpc) is 3.12. The number of benzene rings is 2. The van der Waals surface area contributed by atoms with E-state index in [9.17, 15) is 13.2 Å². The van der Waals surface area contributed by atoms with E-state index in [1.807, 2.05) is 20.8 Å². The lowest BCUT2D eigenvalue weighted by molar-refractivity contribution is 0.0996. The highest BCUT2D eigenvalue weighted by Crippen LogP contribution is 2.39. The van der Waals surface area contributed by atoms with E-state index in [0.29, 0.717) is 52.1 Å². The Morgan fingerprint density at radius 1 is 1.06 bits per heavy atom. The van der Waals surface area contributed by atoms with Crippen molar-refractivity contribution < 1.29 is 27.4 Å². The van der Waals surface area contributed by atoms with Crippen LogP contribution in [0, 0.1) is 12.3 Å². The summed E-state index contributed by atoms with van der Waals surface area (Å²) in [4.78, 5) is 18.0. The van der Waals surface area contributed by atoms with Crippen molar-refractivity contribution >= 4 is 37.3 Å². The SMILES string of the molecule is C#CCn1c(=NC(=O)c2cc(OCC)c(OCC)c(OCC)c2)sc2cc(S(C)(=O)=O)ccc21. The first-order valence-corrected chi connectivity index (χ1v) is 13.4. The maximum absolute atomic E-state index is 13.2. The van der Waals surface area contributed by atoms with E-state index in [1.165, 1.54) is 17.4 Å². The van der Waals surface area contributed by atoms with Gasteiger partial charge in [0.25, 0.3) is 5.91 Å². The summed E-state index contributed by atoms with van der Waals surface area (Å²) in [7, 11) is -3.39. The Hall–Kier alpha value is -3.29. The average molecular weight is 503 g/mol. The fourth-order valence-electron chi connectivity index (χ4n) is 3.28. The summed E-state index contributed by atoms with van der Waals surface area (Å²) >= 11 is 1.19. The lowest BCUT2D eigenvalue weighted by atomic mass is 10.1. The second-order valence-corrected chi connectivity index (χ2v) is 10.1. The first kappa shape index (κ1) is 25.3. The first-order valence-electron chi connectivity index (χ1n) is 10.7. The van der Waals surface area contributed by atoms with Gasteiger partial charge in [0.15, 0.2) is 26.1 Å². The maximum Gasteiger partial charge on any atom is 0.279 e. The predicted molar refractivity (Wildman–Crippen MR) is 132 cm³/mol. The fourth-order valence-corrected chi connectivity index (χ4v) is 5.07. The Morgan fingerprint density at radius 3 is 2.21 bits per heavy atom. The maximum atomic E-state index is 13.2. The Balaban J connectivity index is 2.17. The van der Waals surface area contributed by atoms with Crippen LogP contribution in [0.5, 0.6) is 17.2 Å². The van der Waals surface area contributed by atoms with Crippen LogP contribution in [-0.4, -0.2) is 45.0 Å². The minimum atomic E-state index is -3.39. The highest BCUT2D eigenvalue weighted by Gasteiger charge is 2.19. The largest absolute Gasteiger partial charge is 0.490 e. The lowest BCUT2D eigenvalue weighted by Crippen LogP contribution is -2.16. The fraction of sp³-hybridized carbons (Fsp3) is 0.333. The Labute approximate surface area is 202 Å². The molecule has 8 nitrogen and oxygen atoms in total. The lowest BCUT2D eigenvalue weighted by Gasteiger charge is -2.16. The summed E-state index contributed by atoms with van der Waals surface area (Å²) < 4.78 is 43.3. The number of carbonyl (C=O) groups is 1. The zero-order chi connectivity index (χ0) is 24.9. The quantitative estimate of drug-likeness (QED) is 0.414. The minimum Gasteiger partial charge on any atom is -0.490 e. The molecule has 0 aliphatic carbocycles. The minimum absolute atomic E-state index is 0.169. The molecule has 0 saturated heterocycles. The molecular weight excluding hydrogens is 476 g/mol. The third-order valence-electron chi connectivity index (χ3n) is 4.69. The number of thiazole rings is 1. The van der Waals surface area contributed by atoms with E-state index >= 15 is 0 Å². The molecule has 0 bridgehead atoms. The molecule has 0 N–H and O–H groups in total. The highest BCUT2D eigenvalue weighted by molar-refractivity contribution is 7.90. The van der Waals surface area contributed by atoms with Gasteiger partial charge < -0.3 is 18.8 Å². The summed E-state index contributed by atoms with van der Waals surface area (Å²) in [5, 5.41) is 0. The monoisotopic (exact) mass is 502 g/mol. The van der Waals surface area contributed by atoms with E-state index < -0.39 is 15.7 Å². The van der Waals surface area contributed by atoms with E-state index in [2.05, 4.69) is 10.9 Å². The first-order chi connectivity index (χ1) is 16.2. The van der Waals surface area contributed by atoms with Crippen LogP contribution < -0.4 is 19.0 Å². The van der Waals surface area contributed by atoms with Gasteiger partial charge in [0.1, 0.15) is 0 Å². The third kappa shape index (κ3) is 5.43. The summed E-state index contributed by atoms with van der Waals surface area (Å²) in [5.74, 6) is 3.24. The van der Waals surface area contributed by atoms with Gasteiger partial charge >= 0.3 is 0 Å². The molecule has 1 amide bonds. The number of hydrogen-bond acceptors (Lipinski definition) is 7. The zero-order valence-electron chi connectivity index (χ0n) is 19.5. The number of rotatable bonds is 9. The molecule has 10 heteroatoms. The normalized spacial score (nSPS) is 11.9. The van der Waals surface area contributed by atoms with Crippen LogP contribution in [-0.2, 0) is 16.4 Å². The molecule has 0 aliphatic heterocycles. The van der Waals surface area contributed by atoms with Crippen molar-refractivity contribution in [2.75, 3.05) is 26.1 Å². The van der Waals surface area contributed by atoms with Gasteiger partial charge in [-0.1, -0.05) is 17.3 Å². The summed E-state index contributed by atoms with van der Waals surface area (Å²) in [6.45, 7) is 6.84. The third-order valence-corrected chi connectivity index (χ3v) is 6.84. The number of amides is 1. The van der Waals surface area contributed by atoms with Crippen molar-refractivity contribution in [3.05, 3.63) is 40.7 Å². The van der Waals surface area contributed by atoms with Crippen molar-refractivity contribution in [2.45, 2.75) is 32.2 Å². The second kappa shape index (κ2) is 10.8. The van der Waals surface area contributed by atoms with Crippen molar-refractivity contribution in [3.8, 4) is 29.6 Å². The standard InChI is InChI=1S/C24H26N2O6S2/c1-6-12-26-18-11-10-17(34(5,28)29)15-21(18)33-24(26)25-23(27)16-13-19(30-7-2)22(32-9-4)20(14-16)31-8-3/h1,10-11,13-15H,7-9,12H2,2-5H3. The van der Waals surface area contributed by atoms with E-state index in [0.717, 1.165) is 6.26 Å². The van der Waals surface area contributed by atoms with Gasteiger partial charge in [-0.25, -0.2) is 8.42 Å². The Bertz CT molecular complexity index is 1400. The van der Waals surface area contributed by atoms with Gasteiger partial charge in [-0.15, -0.1) is 6.42 Å². The summed E-state index contributed by atoms with van der Waals surface area (Å²) in [6, 6.07) is 7.88. The van der Waals surface area contributed by atoms with Crippen LogP contribution in [0.2, 0.25) is 0 Å². The molecule has 0 unspecified atom stereocenters. The predicted octanol–water partition coefficient (Wildman–Crippen LogP) is 3.68. The number of sulfone groups is 1. The van der Waals surface area contributed by atoms with Crippen LogP contribution >= 0.6 is 11.3 Å². The van der Waals surface area contributed by atoms with Crippen LogP contribution in [0.1, 0.15) is 31.1 Å². The smallest absolute Gasteiger partial charge is 0.279 e. The van der Waals surface area contributed by atoms with Gasteiger partial charge in [0, 0.05) is 11.8 Å². The Kier molecular flexibility index (Phi) is 8.02. The van der Waals surface area contributed by atoms with E-state index in [-0.39, 0.29) is 17.0 Å². The van der Waals surface area contributed by atoms with Crippen molar-refractivity contribution in [1.82, 2.24) is 4.57 Å². The van der Waals surface area contributed by atoms with Gasteiger partial charge in [-0.2, -0.15) is 4.99 Å². The van der Waals surface area contributed by atoms with Crippen LogP contribution in [0.25, 0.3) is 10.2 Å². The molecule has 0 radical (unpaired) electrons. The van der Waals surface area contributed by atoms with Crippen LogP contribution in [0.15, 0.2) is 40.2 Å². The molecule has 3 aromatic rings. The van der Waals surface area contributed by atoms with Crippen molar-refractivity contribution in [3.63, 3.8) is 0 Å². The van der Waals surface area contributed by atoms with Crippen molar-refractivity contribution in [2.24, 2.45) is 4.99 Å². The molecular formula is C24H26N2O6S2. The number of nitrogens with zero attached hydrogens (tertiary/aromatic N) is 2. The molecule has 2 aromatic carbocycles. The van der Waals surface area contributed by atoms with Crippen LogP contribution in [0.3, 0.4) is 0 Å². The molecule has 1 heterocycles. The van der Waals surface area contributed by atoms with E-state index in [1.54, 1.807) is 28.8 Å². The molecule has 3 rings (SSSR count). The number of terminal acetylenes is 1. The molecule has 0 aliphatic rings. The Morgan fingerprint density at radius 2 is 1.68 bits per heavy atom. The number of carbonyl (C=O) groups excluding carboxylic acids is 1. The molecule has 180 valence electrons. The number of fused-ring (bicyclic) bond motifs is 1. The van der Waals surface area contributed by atoms with E-state index in [4.69, 9.17) is 20.6 Å². The molecule has 0 saturated carbocycles. The van der Waals surface area contributed by atoms with Gasteiger partial charge in [-0.3, -0.25) is 4.79 Å². The zero-order valence-corrected chi connectivity index (χ0v) is 21.1. The topological polar surface area (TPSA) is 96.2 Å². The molecule has 0 spiro atoms. The summed E-state index contributed by atoms with van der Waals surface area (Å²) in [6.07, 6.45) is 6.68. The molecule has 1 aromatic heterocycles. The summed E-state index contributed by atoms with van der Waals surface area (Å²) in [5.41, 5.74) is 0.954. The number of hydrogen-bond donors (Lipinski definition) is 0. The van der Waals surface area contributed by atoms with Crippen molar-refractivity contribution in [1.29, 1.82) is 0 Å². The highest BCUT2D eigenvalue weighted by atomic mass is 32.2. The number of ether oxygens (including phenoxy) is 3. The van der Waals surface area contributed by atoms with Gasteiger partial charge in [0.05, 0.1) is 41.5 Å². The van der Waals surface area contributed by atoms with Gasteiger partial charge in [0.2, 0.25) is 5.75 Å². The molecule has 0 fully saturated rings. The second-order valence-electron chi connectivity index (χ2n) is 7.09. The molecule has 34 heavy (non-hydrogen) atoms.